The molecule has 0 amide bonds. The Bertz CT molecular complexity index is 447. The normalized spacial score (nSPS) is 11.0. The van der Waals surface area contributed by atoms with E-state index in [1.54, 1.807) is 13.0 Å². The third kappa shape index (κ3) is 1.12. The van der Waals surface area contributed by atoms with Crippen LogP contribution in [0.15, 0.2) is 22.6 Å². The van der Waals surface area contributed by atoms with Crippen LogP contribution >= 0.6 is 0 Å². The van der Waals surface area contributed by atoms with Crippen molar-refractivity contribution in [3.05, 3.63) is 35.3 Å². The van der Waals surface area contributed by atoms with Gasteiger partial charge in [0.25, 0.3) is 0 Å². The summed E-state index contributed by atoms with van der Waals surface area (Å²) >= 11 is 0. The number of halogens is 1. The molecule has 0 bridgehead atoms. The second kappa shape index (κ2) is 2.85. The van der Waals surface area contributed by atoms with Crippen molar-refractivity contribution in [2.45, 2.75) is 13.5 Å². The third-order valence-electron chi connectivity index (χ3n) is 2.18. The van der Waals surface area contributed by atoms with Gasteiger partial charge >= 0.3 is 0 Å². The molecule has 0 fully saturated rings. The van der Waals surface area contributed by atoms with Crippen molar-refractivity contribution in [2.24, 2.45) is 5.73 Å². The van der Waals surface area contributed by atoms with Gasteiger partial charge in [0, 0.05) is 17.5 Å². The average molecular weight is 179 g/mol. The SMILES string of the molecule is Cc1oc2c(F)cccc2c1CN. The highest BCUT2D eigenvalue weighted by atomic mass is 19.1. The van der Waals surface area contributed by atoms with Crippen LogP contribution in [-0.2, 0) is 6.54 Å². The van der Waals surface area contributed by atoms with Crippen LogP contribution in [0.2, 0.25) is 0 Å². The molecule has 2 N–H and O–H groups in total. The van der Waals surface area contributed by atoms with Crippen molar-refractivity contribution in [2.75, 3.05) is 0 Å². The van der Waals surface area contributed by atoms with E-state index in [-0.39, 0.29) is 5.82 Å². The van der Waals surface area contributed by atoms with E-state index < -0.39 is 0 Å². The summed E-state index contributed by atoms with van der Waals surface area (Å²) in [6.07, 6.45) is 0. The Morgan fingerprint density at radius 2 is 2.23 bits per heavy atom. The van der Waals surface area contributed by atoms with Gasteiger partial charge in [-0.3, -0.25) is 0 Å². The summed E-state index contributed by atoms with van der Waals surface area (Å²) in [5.74, 6) is 0.364. The van der Waals surface area contributed by atoms with E-state index in [0.717, 1.165) is 10.9 Å². The molecule has 2 nitrogen and oxygen atoms in total. The topological polar surface area (TPSA) is 39.2 Å². The van der Waals surface area contributed by atoms with Gasteiger partial charge in [0.1, 0.15) is 5.76 Å². The third-order valence-corrected chi connectivity index (χ3v) is 2.18. The maximum Gasteiger partial charge on any atom is 0.170 e. The first-order valence-electron chi connectivity index (χ1n) is 4.10. The van der Waals surface area contributed by atoms with E-state index in [1.807, 2.05) is 6.07 Å². The predicted molar refractivity (Wildman–Crippen MR) is 48.8 cm³/mol. The number of furan rings is 1. The van der Waals surface area contributed by atoms with E-state index in [2.05, 4.69) is 0 Å². The molecule has 0 spiro atoms. The molecular formula is C10H10FNO. The Morgan fingerprint density at radius 3 is 2.92 bits per heavy atom. The Hall–Kier alpha value is -1.35. The summed E-state index contributed by atoms with van der Waals surface area (Å²) in [7, 11) is 0. The quantitative estimate of drug-likeness (QED) is 0.729. The maximum absolute atomic E-state index is 13.2. The molecule has 0 aliphatic rings. The van der Waals surface area contributed by atoms with E-state index >= 15 is 0 Å². The average Bonchev–Trinajstić information content (AvgIpc) is 2.43. The van der Waals surface area contributed by atoms with Crippen LogP contribution in [0.1, 0.15) is 11.3 Å². The van der Waals surface area contributed by atoms with Gasteiger partial charge in [-0.1, -0.05) is 12.1 Å². The number of fused-ring (bicyclic) bond motifs is 1. The fourth-order valence-corrected chi connectivity index (χ4v) is 1.51. The van der Waals surface area contributed by atoms with Crippen LogP contribution in [0, 0.1) is 12.7 Å². The number of nitrogens with two attached hydrogens (primary N) is 1. The number of benzene rings is 1. The van der Waals surface area contributed by atoms with Crippen molar-refractivity contribution in [1.82, 2.24) is 0 Å². The smallest absolute Gasteiger partial charge is 0.170 e. The van der Waals surface area contributed by atoms with E-state index in [4.69, 9.17) is 10.2 Å². The molecule has 1 heterocycles. The van der Waals surface area contributed by atoms with E-state index in [9.17, 15) is 4.39 Å². The lowest BCUT2D eigenvalue weighted by Crippen LogP contribution is -1.96. The van der Waals surface area contributed by atoms with Gasteiger partial charge < -0.3 is 10.2 Å². The Balaban J connectivity index is 2.86. The first-order chi connectivity index (χ1) is 6.24. The minimum atomic E-state index is -0.333. The van der Waals surface area contributed by atoms with E-state index in [1.165, 1.54) is 6.07 Å². The van der Waals surface area contributed by atoms with Gasteiger partial charge in [0.15, 0.2) is 11.4 Å². The molecule has 0 atom stereocenters. The lowest BCUT2D eigenvalue weighted by molar-refractivity contribution is 0.535. The molecule has 0 aliphatic heterocycles. The Labute approximate surface area is 75.1 Å². The monoisotopic (exact) mass is 179 g/mol. The number of hydrogen-bond acceptors (Lipinski definition) is 2. The van der Waals surface area contributed by atoms with Crippen molar-refractivity contribution >= 4 is 11.0 Å². The maximum atomic E-state index is 13.2. The van der Waals surface area contributed by atoms with Gasteiger partial charge in [-0.05, 0) is 13.0 Å². The molecule has 0 aliphatic carbocycles. The van der Waals surface area contributed by atoms with Gasteiger partial charge in [-0.25, -0.2) is 4.39 Å². The zero-order chi connectivity index (χ0) is 9.42. The second-order valence-corrected chi connectivity index (χ2v) is 2.96. The van der Waals surface area contributed by atoms with Crippen LogP contribution in [0.5, 0.6) is 0 Å². The van der Waals surface area contributed by atoms with Crippen molar-refractivity contribution < 1.29 is 8.81 Å². The fraction of sp³-hybridized carbons (Fsp3) is 0.200. The lowest BCUT2D eigenvalue weighted by atomic mass is 10.1. The molecule has 68 valence electrons. The molecule has 0 saturated carbocycles. The van der Waals surface area contributed by atoms with Crippen LogP contribution < -0.4 is 5.73 Å². The number of para-hydroxylation sites is 1. The minimum absolute atomic E-state index is 0.306. The molecule has 3 heteroatoms. The summed E-state index contributed by atoms with van der Waals surface area (Å²) in [5, 5.41) is 0.778. The molecular weight excluding hydrogens is 169 g/mol. The van der Waals surface area contributed by atoms with Gasteiger partial charge in [-0.2, -0.15) is 0 Å². The largest absolute Gasteiger partial charge is 0.458 e. The second-order valence-electron chi connectivity index (χ2n) is 2.96. The van der Waals surface area contributed by atoms with Gasteiger partial charge in [0.2, 0.25) is 0 Å². The predicted octanol–water partition coefficient (Wildman–Crippen LogP) is 2.34. The standard InChI is InChI=1S/C10H10FNO/c1-6-8(5-12)7-3-2-4-9(11)10(7)13-6/h2-4H,5,12H2,1H3. The van der Waals surface area contributed by atoms with Crippen LogP contribution in [0.4, 0.5) is 4.39 Å². The number of aryl methyl sites for hydroxylation is 1. The summed E-state index contributed by atoms with van der Waals surface area (Å²) in [6, 6.07) is 4.86. The summed E-state index contributed by atoms with van der Waals surface area (Å²) < 4.78 is 18.4. The highest BCUT2D eigenvalue weighted by Crippen LogP contribution is 2.26. The van der Waals surface area contributed by atoms with Crippen LogP contribution in [-0.4, -0.2) is 0 Å². The number of rotatable bonds is 1. The first kappa shape index (κ1) is 8.26. The highest BCUT2D eigenvalue weighted by molar-refractivity contribution is 5.82. The molecule has 0 saturated heterocycles. The first-order valence-corrected chi connectivity index (χ1v) is 4.10. The van der Waals surface area contributed by atoms with Crippen molar-refractivity contribution in [3.63, 3.8) is 0 Å². The summed E-state index contributed by atoms with van der Waals surface area (Å²) in [5.41, 5.74) is 6.72. The van der Waals surface area contributed by atoms with Crippen LogP contribution in [0.25, 0.3) is 11.0 Å². The van der Waals surface area contributed by atoms with Crippen LogP contribution in [0.3, 0.4) is 0 Å². The highest BCUT2D eigenvalue weighted by Gasteiger charge is 2.11. The van der Waals surface area contributed by atoms with Crippen molar-refractivity contribution in [1.29, 1.82) is 0 Å². The zero-order valence-electron chi connectivity index (χ0n) is 7.30. The van der Waals surface area contributed by atoms with Gasteiger partial charge in [-0.15, -0.1) is 0 Å². The molecule has 2 rings (SSSR count). The van der Waals surface area contributed by atoms with Gasteiger partial charge in [0.05, 0.1) is 0 Å². The van der Waals surface area contributed by atoms with E-state index in [0.29, 0.717) is 17.9 Å². The molecule has 1 aromatic carbocycles. The Kier molecular flexibility index (Phi) is 1.81. The summed E-state index contributed by atoms with van der Waals surface area (Å²) in [6.45, 7) is 2.17. The molecule has 1 aromatic heterocycles. The minimum Gasteiger partial charge on any atom is -0.458 e. The molecule has 13 heavy (non-hydrogen) atoms. The zero-order valence-corrected chi connectivity index (χ0v) is 7.30. The summed E-state index contributed by atoms with van der Waals surface area (Å²) in [4.78, 5) is 0. The molecule has 2 aromatic rings. The Morgan fingerprint density at radius 1 is 1.46 bits per heavy atom. The lowest BCUT2D eigenvalue weighted by Gasteiger charge is -1.92. The number of hydrogen-bond donors (Lipinski definition) is 1. The van der Waals surface area contributed by atoms with Crippen molar-refractivity contribution in [3.8, 4) is 0 Å². The molecule has 0 radical (unpaired) electrons. The fourth-order valence-electron chi connectivity index (χ4n) is 1.51. The molecule has 0 unspecified atom stereocenters.